The maximum Gasteiger partial charge on any atom is 0.0560 e. The van der Waals surface area contributed by atoms with Gasteiger partial charge in [0.25, 0.3) is 0 Å². The van der Waals surface area contributed by atoms with E-state index in [2.05, 4.69) is 198 Å². The van der Waals surface area contributed by atoms with Crippen LogP contribution >= 0.6 is 0 Å². The predicted octanol–water partition coefficient (Wildman–Crippen LogP) is 13.6. The highest BCUT2D eigenvalue weighted by Gasteiger charge is 2.44. The molecule has 8 aromatic rings. The van der Waals surface area contributed by atoms with Crippen molar-refractivity contribution < 1.29 is 0 Å². The molecule has 0 aliphatic heterocycles. The lowest BCUT2D eigenvalue weighted by Gasteiger charge is -2.38. The van der Waals surface area contributed by atoms with E-state index in [1.54, 1.807) is 0 Å². The Labute approximate surface area is 309 Å². The summed E-state index contributed by atoms with van der Waals surface area (Å²) in [6, 6.07) is 54.3. The highest BCUT2D eigenvalue weighted by atomic mass is 15.2. The molecule has 1 aromatic heterocycles. The average molecular weight is 679 g/mol. The molecule has 53 heavy (non-hydrogen) atoms. The molecule has 0 spiro atoms. The fraction of sp³-hybridized carbons (Fsp3) is 0.0980. The van der Waals surface area contributed by atoms with E-state index in [1.165, 1.54) is 88.2 Å². The lowest BCUT2D eigenvalue weighted by Crippen LogP contribution is -2.29. The van der Waals surface area contributed by atoms with Gasteiger partial charge in [-0.1, -0.05) is 153 Å². The van der Waals surface area contributed by atoms with Gasteiger partial charge in [-0.15, -0.1) is 0 Å². The number of allylic oxidation sites excluding steroid dienone is 8. The van der Waals surface area contributed by atoms with Crippen molar-refractivity contribution in [3.05, 3.63) is 199 Å². The van der Waals surface area contributed by atoms with Crippen molar-refractivity contribution >= 4 is 60.3 Å². The molecule has 0 amide bonds. The molecular weight excluding hydrogens is 641 g/mol. The Morgan fingerprint density at radius 3 is 2.30 bits per heavy atom. The number of fused-ring (bicyclic) bond motifs is 8. The van der Waals surface area contributed by atoms with Crippen LogP contribution in [0, 0.1) is 0 Å². The zero-order chi connectivity index (χ0) is 35.1. The molecule has 0 bridgehead atoms. The van der Waals surface area contributed by atoms with Gasteiger partial charge in [0.1, 0.15) is 0 Å². The maximum atomic E-state index is 2.56. The van der Waals surface area contributed by atoms with Gasteiger partial charge in [0.15, 0.2) is 0 Å². The van der Waals surface area contributed by atoms with Crippen molar-refractivity contribution in [3.8, 4) is 11.1 Å². The Bertz CT molecular complexity index is 2920. The normalized spacial score (nSPS) is 18.8. The summed E-state index contributed by atoms with van der Waals surface area (Å²) in [6.45, 7) is 2.47. The number of rotatable bonds is 5. The van der Waals surface area contributed by atoms with Crippen molar-refractivity contribution in [2.75, 3.05) is 4.90 Å². The Kier molecular flexibility index (Phi) is 6.60. The SMILES string of the molecule is CC12CC(N(c3ccc4c5ccccc5n(C5C=CC=CC5)c4c3)c3ccccc3-c3ccccc3)=CC=C1c1c3ccccc3cc3cccc2c13. The first-order chi connectivity index (χ1) is 26.2. The highest BCUT2D eigenvalue weighted by molar-refractivity contribution is 6.16. The molecule has 7 aromatic carbocycles. The molecule has 0 fully saturated rings. The summed E-state index contributed by atoms with van der Waals surface area (Å²) >= 11 is 0. The maximum absolute atomic E-state index is 2.56. The van der Waals surface area contributed by atoms with E-state index in [9.17, 15) is 0 Å². The summed E-state index contributed by atoms with van der Waals surface area (Å²) in [5, 5.41) is 7.97. The molecule has 1 heterocycles. The van der Waals surface area contributed by atoms with Gasteiger partial charge in [-0.3, -0.25) is 0 Å². The summed E-state index contributed by atoms with van der Waals surface area (Å²) in [5.74, 6) is 0. The molecule has 0 radical (unpaired) electrons. The van der Waals surface area contributed by atoms with Gasteiger partial charge in [0.05, 0.1) is 17.2 Å². The smallest absolute Gasteiger partial charge is 0.0560 e. The summed E-state index contributed by atoms with van der Waals surface area (Å²) in [6.07, 6.45) is 15.7. The topological polar surface area (TPSA) is 8.17 Å². The second kappa shape index (κ2) is 11.6. The van der Waals surface area contributed by atoms with E-state index in [-0.39, 0.29) is 11.5 Å². The Morgan fingerprint density at radius 1 is 0.642 bits per heavy atom. The molecular formula is C51H38N2. The molecule has 0 saturated carbocycles. The van der Waals surface area contributed by atoms with Gasteiger partial charge in [-0.05, 0) is 86.6 Å². The van der Waals surface area contributed by atoms with Crippen molar-refractivity contribution in [1.29, 1.82) is 0 Å². The van der Waals surface area contributed by atoms with Gasteiger partial charge in [0, 0.05) is 45.1 Å². The van der Waals surface area contributed by atoms with Gasteiger partial charge < -0.3 is 9.47 Å². The van der Waals surface area contributed by atoms with E-state index < -0.39 is 0 Å². The van der Waals surface area contributed by atoms with Crippen LogP contribution in [0.1, 0.15) is 36.9 Å². The van der Waals surface area contributed by atoms with Crippen LogP contribution < -0.4 is 4.90 Å². The largest absolute Gasteiger partial charge is 0.333 e. The van der Waals surface area contributed by atoms with Crippen LogP contribution in [0.3, 0.4) is 0 Å². The van der Waals surface area contributed by atoms with Crippen molar-refractivity contribution in [1.82, 2.24) is 4.57 Å². The van der Waals surface area contributed by atoms with Crippen LogP contribution in [-0.4, -0.2) is 4.57 Å². The first-order valence-electron chi connectivity index (χ1n) is 18.8. The van der Waals surface area contributed by atoms with Gasteiger partial charge in [0.2, 0.25) is 0 Å². The number of anilines is 2. The van der Waals surface area contributed by atoms with E-state index >= 15 is 0 Å². The first kappa shape index (κ1) is 30.3. The number of hydrogen-bond acceptors (Lipinski definition) is 1. The van der Waals surface area contributed by atoms with Crippen LogP contribution in [0.5, 0.6) is 0 Å². The molecule has 3 aliphatic carbocycles. The molecule has 0 saturated heterocycles. The minimum atomic E-state index is -0.186. The van der Waals surface area contributed by atoms with Crippen LogP contribution in [0.4, 0.5) is 11.4 Å². The summed E-state index contributed by atoms with van der Waals surface area (Å²) in [5.41, 5.74) is 12.7. The van der Waals surface area contributed by atoms with E-state index in [0.717, 1.165) is 12.8 Å². The van der Waals surface area contributed by atoms with Gasteiger partial charge >= 0.3 is 0 Å². The monoisotopic (exact) mass is 678 g/mol. The lowest BCUT2D eigenvalue weighted by molar-refractivity contribution is 0.609. The van der Waals surface area contributed by atoms with E-state index in [4.69, 9.17) is 0 Å². The van der Waals surface area contributed by atoms with Crippen LogP contribution in [0.25, 0.3) is 60.1 Å². The second-order valence-electron chi connectivity index (χ2n) is 15.0. The van der Waals surface area contributed by atoms with Crippen LogP contribution in [0.2, 0.25) is 0 Å². The minimum Gasteiger partial charge on any atom is -0.333 e. The molecule has 2 heteroatoms. The quantitative estimate of drug-likeness (QED) is 0.165. The Balaban J connectivity index is 1.16. The van der Waals surface area contributed by atoms with Gasteiger partial charge in [-0.2, -0.15) is 0 Å². The number of aromatic nitrogens is 1. The molecule has 2 nitrogen and oxygen atoms in total. The summed E-state index contributed by atoms with van der Waals surface area (Å²) in [7, 11) is 0. The predicted molar refractivity (Wildman–Crippen MR) is 225 cm³/mol. The number of nitrogens with zero attached hydrogens (tertiary/aromatic N) is 2. The molecule has 2 unspecified atom stereocenters. The molecule has 0 N–H and O–H groups in total. The summed E-state index contributed by atoms with van der Waals surface area (Å²) in [4.78, 5) is 2.56. The average Bonchev–Trinajstić information content (AvgIpc) is 3.68. The van der Waals surface area contributed by atoms with Crippen LogP contribution in [-0.2, 0) is 5.41 Å². The number of hydrogen-bond donors (Lipinski definition) is 0. The second-order valence-corrected chi connectivity index (χ2v) is 15.0. The van der Waals surface area contributed by atoms with E-state index in [1.807, 2.05) is 0 Å². The van der Waals surface area contributed by atoms with E-state index in [0.29, 0.717) is 0 Å². The number of benzene rings is 7. The molecule has 2 atom stereocenters. The third-order valence-electron chi connectivity index (χ3n) is 12.1. The first-order valence-corrected chi connectivity index (χ1v) is 18.8. The van der Waals surface area contributed by atoms with Crippen molar-refractivity contribution in [3.63, 3.8) is 0 Å². The molecule has 252 valence electrons. The zero-order valence-electron chi connectivity index (χ0n) is 29.7. The fourth-order valence-electron chi connectivity index (χ4n) is 9.73. The van der Waals surface area contributed by atoms with Crippen molar-refractivity contribution in [2.24, 2.45) is 0 Å². The fourth-order valence-corrected chi connectivity index (χ4v) is 9.73. The molecule has 3 aliphatic rings. The standard InChI is InChI=1S/C51H38N2/c1-51-33-39(28-30-45(51)50-41-22-9-8-17-35(41)31-36-18-14-24-44(51)49(36)50)52(46-25-12-10-21-40(46)34-15-4-2-5-16-34)38-27-29-43-42-23-11-13-26-47(42)53(48(43)32-38)37-19-6-3-7-20-37/h2-19,21-32,37H,20,33H2,1H3. The molecule has 11 rings (SSSR count). The Morgan fingerprint density at radius 2 is 1.42 bits per heavy atom. The minimum absolute atomic E-state index is 0.186. The van der Waals surface area contributed by atoms with Crippen LogP contribution in [0.15, 0.2) is 188 Å². The number of para-hydroxylation sites is 2. The van der Waals surface area contributed by atoms with Gasteiger partial charge in [-0.25, -0.2) is 0 Å². The van der Waals surface area contributed by atoms with Crippen molar-refractivity contribution in [2.45, 2.75) is 31.2 Å². The third kappa shape index (κ3) is 4.45. The zero-order valence-corrected chi connectivity index (χ0v) is 29.7. The third-order valence-corrected chi connectivity index (χ3v) is 12.1. The lowest BCUT2D eigenvalue weighted by atomic mass is 9.72. The highest BCUT2D eigenvalue weighted by Crippen LogP contribution is 2.58. The summed E-state index contributed by atoms with van der Waals surface area (Å²) < 4.78 is 2.56. The Hall–Kier alpha value is -6.38.